The van der Waals surface area contributed by atoms with Crippen LogP contribution in [0.15, 0.2) is 30.7 Å². The van der Waals surface area contributed by atoms with Crippen LogP contribution in [0.3, 0.4) is 0 Å². The Balaban J connectivity index is 1.54. The Labute approximate surface area is 239 Å². The topological polar surface area (TPSA) is 140 Å². The van der Waals surface area contributed by atoms with Crippen molar-refractivity contribution in [2.45, 2.75) is 64.2 Å². The molecule has 0 unspecified atom stereocenters. The number of ether oxygens (including phenoxy) is 2. The molecule has 2 aliphatic heterocycles. The fourth-order valence-electron chi connectivity index (χ4n) is 5.64. The number of benzene rings is 1. The highest BCUT2D eigenvalue weighted by Crippen LogP contribution is 2.38. The molecule has 0 radical (unpaired) electrons. The maximum absolute atomic E-state index is 12.5. The van der Waals surface area contributed by atoms with Crippen LogP contribution in [0.1, 0.15) is 62.4 Å². The normalized spacial score (nSPS) is 18.4. The molecule has 41 heavy (non-hydrogen) atoms. The van der Waals surface area contributed by atoms with E-state index in [4.69, 9.17) is 25.5 Å². The predicted octanol–water partition coefficient (Wildman–Crippen LogP) is 3.53. The first-order chi connectivity index (χ1) is 19.7. The molecule has 2 N–H and O–H groups in total. The molecule has 1 atom stereocenters. The lowest BCUT2D eigenvalue weighted by molar-refractivity contribution is -0.132. The lowest BCUT2D eigenvalue weighted by Crippen LogP contribution is -2.44. The van der Waals surface area contributed by atoms with E-state index >= 15 is 0 Å². The summed E-state index contributed by atoms with van der Waals surface area (Å²) in [6.07, 6.45) is 8.55. The Kier molecular flexibility index (Phi) is 8.40. The van der Waals surface area contributed by atoms with E-state index in [-0.39, 0.29) is 30.1 Å². The van der Waals surface area contributed by atoms with Gasteiger partial charge < -0.3 is 25.0 Å². The molecule has 216 valence electrons. The van der Waals surface area contributed by atoms with Crippen LogP contribution in [0.2, 0.25) is 0 Å². The minimum atomic E-state index is -0.589. The Bertz CT molecular complexity index is 1470. The van der Waals surface area contributed by atoms with Crippen molar-refractivity contribution in [3.63, 3.8) is 0 Å². The van der Waals surface area contributed by atoms with Gasteiger partial charge >= 0.3 is 0 Å². The van der Waals surface area contributed by atoms with Crippen LogP contribution in [0.4, 0.5) is 0 Å². The van der Waals surface area contributed by atoms with Crippen LogP contribution in [0, 0.1) is 11.3 Å². The zero-order valence-corrected chi connectivity index (χ0v) is 23.9. The van der Waals surface area contributed by atoms with Gasteiger partial charge in [0.05, 0.1) is 36.5 Å². The number of fused-ring (bicyclic) bond motifs is 1. The molecule has 0 aliphatic carbocycles. The molecule has 1 aromatic carbocycles. The highest BCUT2D eigenvalue weighted by atomic mass is 16.5. The summed E-state index contributed by atoms with van der Waals surface area (Å²) < 4.78 is 14.4. The molecule has 2 aromatic heterocycles. The number of nitrogens with zero attached hydrogens (tertiary/aromatic N) is 6. The third-order valence-corrected chi connectivity index (χ3v) is 7.79. The molecule has 0 spiro atoms. The Morgan fingerprint density at radius 2 is 1.93 bits per heavy atom. The highest BCUT2D eigenvalue weighted by Gasteiger charge is 2.27. The van der Waals surface area contributed by atoms with Crippen molar-refractivity contribution in [1.29, 1.82) is 5.26 Å². The lowest BCUT2D eigenvalue weighted by Gasteiger charge is -2.32. The number of nitriles is 1. The number of carbonyl (C=O) groups excluding carboxylic acids is 2. The Morgan fingerprint density at radius 1 is 1.15 bits per heavy atom. The van der Waals surface area contributed by atoms with E-state index in [9.17, 15) is 9.59 Å². The molecule has 5 rings (SSSR count). The van der Waals surface area contributed by atoms with Crippen molar-refractivity contribution < 1.29 is 19.1 Å². The van der Waals surface area contributed by atoms with E-state index in [0.29, 0.717) is 36.1 Å². The molecule has 3 aromatic rings. The van der Waals surface area contributed by atoms with E-state index in [1.165, 1.54) is 0 Å². The molecule has 4 heterocycles. The van der Waals surface area contributed by atoms with Crippen molar-refractivity contribution in [2.75, 3.05) is 33.2 Å². The quantitative estimate of drug-likeness (QED) is 0.442. The summed E-state index contributed by atoms with van der Waals surface area (Å²) in [5.74, 6) is -0.0426. The number of primary amides is 1. The fourth-order valence-corrected chi connectivity index (χ4v) is 5.64. The van der Waals surface area contributed by atoms with Crippen molar-refractivity contribution in [3.8, 4) is 28.8 Å². The van der Waals surface area contributed by atoms with Crippen LogP contribution < -0.4 is 15.2 Å². The Morgan fingerprint density at radius 3 is 2.63 bits per heavy atom. The summed E-state index contributed by atoms with van der Waals surface area (Å²) in [6, 6.07) is 5.77. The summed E-state index contributed by atoms with van der Waals surface area (Å²) >= 11 is 0. The van der Waals surface area contributed by atoms with Gasteiger partial charge in [0.15, 0.2) is 0 Å². The van der Waals surface area contributed by atoms with Gasteiger partial charge in [-0.05, 0) is 77.2 Å². The van der Waals surface area contributed by atoms with Gasteiger partial charge in [0, 0.05) is 35.5 Å². The molecule has 2 fully saturated rings. The van der Waals surface area contributed by atoms with E-state index in [0.717, 1.165) is 55.3 Å². The number of hydrogen-bond acceptors (Lipinski definition) is 8. The van der Waals surface area contributed by atoms with Crippen molar-refractivity contribution in [3.05, 3.63) is 36.3 Å². The summed E-state index contributed by atoms with van der Waals surface area (Å²) in [6.45, 7) is 6.79. The number of piperidine rings is 2. The van der Waals surface area contributed by atoms with E-state index < -0.39 is 5.91 Å². The number of rotatable bonds is 8. The number of likely N-dealkylation sites (tertiary alicyclic amines) is 2. The number of aromatic nitrogens is 3. The van der Waals surface area contributed by atoms with Gasteiger partial charge in [-0.1, -0.05) is 0 Å². The Hall–Kier alpha value is -4.17. The average Bonchev–Trinajstić information content (AvgIpc) is 3.43. The SMILES string of the molecule is CC(C)Oc1cc2c(O[C@@H]3CCCN(C(=O)CC#N)C3)ncc(-c3cnn(C4CCN(C)CC4)c3)c2cc1C(N)=O. The first kappa shape index (κ1) is 28.4. The van der Waals surface area contributed by atoms with Gasteiger partial charge in [-0.15, -0.1) is 0 Å². The third kappa shape index (κ3) is 6.28. The van der Waals surface area contributed by atoms with Crippen LogP contribution in [0.25, 0.3) is 21.9 Å². The lowest BCUT2D eigenvalue weighted by atomic mass is 9.99. The standard InChI is InChI=1S/C30H37N7O4/c1-19(2)40-27-14-24-23(13-25(27)29(32)39)26(20-15-34-37(17-20)21-7-11-35(3)12-8-21)16-33-30(24)41-22-5-4-10-36(18-22)28(38)6-9-31/h13-17,19,21-22H,4-8,10-12,18H2,1-3H3,(H2,32,39)/t22-/m1/s1. The summed E-state index contributed by atoms with van der Waals surface area (Å²) in [5.41, 5.74) is 7.75. The molecule has 2 saturated heterocycles. The molecule has 11 heteroatoms. The van der Waals surface area contributed by atoms with Crippen molar-refractivity contribution in [1.82, 2.24) is 24.6 Å². The number of hydrogen-bond donors (Lipinski definition) is 1. The van der Waals surface area contributed by atoms with Gasteiger partial charge in [0.25, 0.3) is 5.91 Å². The zero-order chi connectivity index (χ0) is 29.1. The van der Waals surface area contributed by atoms with Crippen molar-refractivity contribution >= 4 is 22.6 Å². The maximum Gasteiger partial charge on any atom is 0.252 e. The van der Waals surface area contributed by atoms with Crippen LogP contribution >= 0.6 is 0 Å². The predicted molar refractivity (Wildman–Crippen MR) is 153 cm³/mol. The van der Waals surface area contributed by atoms with E-state index in [1.54, 1.807) is 23.2 Å². The van der Waals surface area contributed by atoms with Crippen LogP contribution in [0.5, 0.6) is 11.6 Å². The van der Waals surface area contributed by atoms with Gasteiger partial charge in [-0.25, -0.2) is 4.98 Å². The van der Waals surface area contributed by atoms with Gasteiger partial charge in [-0.3, -0.25) is 14.3 Å². The first-order valence-corrected chi connectivity index (χ1v) is 14.2. The smallest absolute Gasteiger partial charge is 0.252 e. The molecular formula is C30H37N7O4. The maximum atomic E-state index is 12.5. The first-order valence-electron chi connectivity index (χ1n) is 14.2. The summed E-state index contributed by atoms with van der Waals surface area (Å²) in [5, 5.41) is 15.1. The number of nitrogens with two attached hydrogens (primary N) is 1. The third-order valence-electron chi connectivity index (χ3n) is 7.79. The second-order valence-corrected chi connectivity index (χ2v) is 11.2. The molecule has 2 amide bonds. The number of amides is 2. The second kappa shape index (κ2) is 12.1. The molecule has 0 bridgehead atoms. The summed E-state index contributed by atoms with van der Waals surface area (Å²) in [4.78, 5) is 33.6. The van der Waals surface area contributed by atoms with Crippen LogP contribution in [-0.4, -0.2) is 81.8 Å². The minimum Gasteiger partial charge on any atom is -0.490 e. The zero-order valence-electron chi connectivity index (χ0n) is 23.9. The largest absolute Gasteiger partial charge is 0.490 e. The average molecular weight is 560 g/mol. The molecule has 0 saturated carbocycles. The second-order valence-electron chi connectivity index (χ2n) is 11.2. The van der Waals surface area contributed by atoms with Crippen molar-refractivity contribution in [2.24, 2.45) is 5.73 Å². The van der Waals surface area contributed by atoms with Crippen LogP contribution in [-0.2, 0) is 4.79 Å². The molecule has 11 nitrogen and oxygen atoms in total. The number of pyridine rings is 1. The van der Waals surface area contributed by atoms with Gasteiger partial charge in [0.2, 0.25) is 11.8 Å². The highest BCUT2D eigenvalue weighted by molar-refractivity contribution is 6.06. The van der Waals surface area contributed by atoms with Gasteiger partial charge in [0.1, 0.15) is 18.3 Å². The van der Waals surface area contributed by atoms with E-state index in [1.807, 2.05) is 37.0 Å². The minimum absolute atomic E-state index is 0.153. The monoisotopic (exact) mass is 559 g/mol. The number of carbonyl (C=O) groups is 2. The fraction of sp³-hybridized carbons (Fsp3) is 0.500. The summed E-state index contributed by atoms with van der Waals surface area (Å²) in [7, 11) is 2.13. The molecule has 2 aliphatic rings. The van der Waals surface area contributed by atoms with Gasteiger partial charge in [-0.2, -0.15) is 10.4 Å². The molecular weight excluding hydrogens is 522 g/mol. The van der Waals surface area contributed by atoms with E-state index in [2.05, 4.69) is 17.0 Å².